The van der Waals surface area contributed by atoms with Gasteiger partial charge in [-0.25, -0.2) is 4.57 Å². The first-order valence-corrected chi connectivity index (χ1v) is 11.2. The molecule has 1 N–H and O–H groups in total. The highest BCUT2D eigenvalue weighted by Crippen LogP contribution is 2.47. The smallest absolute Gasteiger partial charge is 0.415 e. The van der Waals surface area contributed by atoms with Gasteiger partial charge < -0.3 is 14.4 Å². The summed E-state index contributed by atoms with van der Waals surface area (Å²) in [4.78, 5) is 0. The molecule has 0 bridgehead atoms. The highest BCUT2D eigenvalue weighted by Gasteiger charge is 2.28. The molecule has 0 spiro atoms. The Bertz CT molecular complexity index is 618. The summed E-state index contributed by atoms with van der Waals surface area (Å²) in [6, 6.07) is 18.4. The highest BCUT2D eigenvalue weighted by atomic mass is 31.2. The third-order valence-electron chi connectivity index (χ3n) is 4.26. The van der Waals surface area contributed by atoms with Gasteiger partial charge >= 0.3 is 7.60 Å². The molecule has 0 radical (unpaired) electrons. The fraction of sp³-hybridized carbons (Fsp3) is 0.429. The van der Waals surface area contributed by atoms with Gasteiger partial charge in [0.1, 0.15) is 17.8 Å². The van der Waals surface area contributed by atoms with Gasteiger partial charge in [0.25, 0.3) is 0 Å². The van der Waals surface area contributed by atoms with E-state index in [1.54, 1.807) is 24.3 Å². The average molecular weight is 375 g/mol. The summed E-state index contributed by atoms with van der Waals surface area (Å²) in [5.41, 5.74) is 0. The molecule has 0 saturated carbocycles. The van der Waals surface area contributed by atoms with Crippen LogP contribution in [-0.2, 0) is 4.57 Å². The van der Waals surface area contributed by atoms with Crippen molar-refractivity contribution in [2.45, 2.75) is 39.5 Å². The zero-order valence-corrected chi connectivity index (χ0v) is 16.7. The first-order chi connectivity index (χ1) is 12.6. The van der Waals surface area contributed by atoms with Gasteiger partial charge in [-0.2, -0.15) is 0 Å². The van der Waals surface area contributed by atoms with Crippen molar-refractivity contribution in [1.82, 2.24) is 5.32 Å². The summed E-state index contributed by atoms with van der Waals surface area (Å²) in [5, 5.41) is 3.31. The zero-order valence-electron chi connectivity index (χ0n) is 15.8. The summed E-state index contributed by atoms with van der Waals surface area (Å²) in [5.74, 6) is 1.68. The third kappa shape index (κ3) is 7.23. The van der Waals surface area contributed by atoms with Gasteiger partial charge in [-0.1, -0.05) is 69.5 Å². The molecule has 1 unspecified atom stereocenters. The van der Waals surface area contributed by atoms with E-state index in [0.717, 1.165) is 13.0 Å². The minimum atomic E-state index is -3.37. The number of hydrogen-bond donors (Lipinski definition) is 1. The Morgan fingerprint density at radius 2 is 1.46 bits per heavy atom. The molecule has 2 rings (SSSR count). The maximum Gasteiger partial charge on any atom is 0.444 e. The van der Waals surface area contributed by atoms with E-state index in [9.17, 15) is 4.57 Å². The molecular formula is C21H30NO3P. The van der Waals surface area contributed by atoms with Crippen LogP contribution in [0.3, 0.4) is 0 Å². The topological polar surface area (TPSA) is 47.6 Å². The van der Waals surface area contributed by atoms with Gasteiger partial charge in [0.05, 0.1) is 0 Å². The molecule has 0 heterocycles. The van der Waals surface area contributed by atoms with E-state index in [2.05, 4.69) is 19.2 Å². The van der Waals surface area contributed by atoms with Crippen molar-refractivity contribution >= 4 is 7.60 Å². The van der Waals surface area contributed by atoms with Gasteiger partial charge in [-0.15, -0.1) is 0 Å². The molecule has 0 saturated heterocycles. The Kier molecular flexibility index (Phi) is 8.73. The Morgan fingerprint density at radius 3 is 1.92 bits per heavy atom. The summed E-state index contributed by atoms with van der Waals surface area (Å²) < 4.78 is 24.9. The van der Waals surface area contributed by atoms with E-state index < -0.39 is 7.60 Å². The van der Waals surface area contributed by atoms with Gasteiger partial charge in [0.15, 0.2) is 0 Å². The van der Waals surface area contributed by atoms with Gasteiger partial charge in [-0.3, -0.25) is 0 Å². The highest BCUT2D eigenvalue weighted by molar-refractivity contribution is 7.54. The minimum Gasteiger partial charge on any atom is -0.415 e. The molecule has 0 aliphatic carbocycles. The minimum absolute atomic E-state index is 0.180. The largest absolute Gasteiger partial charge is 0.444 e. The Morgan fingerprint density at radius 1 is 0.923 bits per heavy atom. The molecular weight excluding hydrogens is 345 g/mol. The van der Waals surface area contributed by atoms with Crippen LogP contribution in [0, 0.1) is 5.92 Å². The number of nitrogens with one attached hydrogen (secondary N) is 1. The van der Waals surface area contributed by atoms with Crippen molar-refractivity contribution in [3.8, 4) is 11.5 Å². The Labute approximate surface area is 157 Å². The lowest BCUT2D eigenvalue weighted by Gasteiger charge is -2.22. The predicted molar refractivity (Wildman–Crippen MR) is 108 cm³/mol. The number of rotatable bonds is 12. The van der Waals surface area contributed by atoms with Crippen LogP contribution in [-0.4, -0.2) is 12.8 Å². The van der Waals surface area contributed by atoms with Gasteiger partial charge in [0, 0.05) is 0 Å². The summed E-state index contributed by atoms with van der Waals surface area (Å²) >= 11 is 0. The maximum absolute atomic E-state index is 13.3. The lowest BCUT2D eigenvalue weighted by atomic mass is 10.00. The second-order valence-corrected chi connectivity index (χ2v) is 8.35. The molecule has 0 amide bonds. The second-order valence-electron chi connectivity index (χ2n) is 6.45. The van der Waals surface area contributed by atoms with Crippen molar-refractivity contribution in [3.05, 3.63) is 60.7 Å². The molecule has 2 aromatic rings. The number of hydrogen-bond acceptors (Lipinski definition) is 4. The molecule has 0 aliphatic heterocycles. The molecule has 1 atom stereocenters. The van der Waals surface area contributed by atoms with E-state index in [-0.39, 0.29) is 6.29 Å². The fourth-order valence-electron chi connectivity index (χ4n) is 2.72. The molecule has 5 heteroatoms. The van der Waals surface area contributed by atoms with E-state index in [1.165, 1.54) is 19.3 Å². The third-order valence-corrected chi connectivity index (χ3v) is 5.85. The Balaban J connectivity index is 2.01. The predicted octanol–water partition coefficient (Wildman–Crippen LogP) is 6.10. The van der Waals surface area contributed by atoms with Crippen LogP contribution in [0.4, 0.5) is 0 Å². The van der Waals surface area contributed by atoms with Gasteiger partial charge in [-0.05, 0) is 43.1 Å². The van der Waals surface area contributed by atoms with Crippen LogP contribution in [0.5, 0.6) is 11.5 Å². The Hall–Kier alpha value is -1.77. The van der Waals surface area contributed by atoms with Crippen LogP contribution in [0.2, 0.25) is 0 Å². The quantitative estimate of drug-likeness (QED) is 0.455. The zero-order chi connectivity index (χ0) is 18.7. The molecule has 0 aliphatic rings. The van der Waals surface area contributed by atoms with Crippen molar-refractivity contribution in [2.75, 3.05) is 12.8 Å². The van der Waals surface area contributed by atoms with Crippen molar-refractivity contribution < 1.29 is 13.6 Å². The fourth-order valence-corrected chi connectivity index (χ4v) is 4.17. The van der Waals surface area contributed by atoms with Crippen LogP contribution >= 0.6 is 7.60 Å². The van der Waals surface area contributed by atoms with E-state index >= 15 is 0 Å². The molecule has 26 heavy (non-hydrogen) atoms. The molecule has 0 fully saturated rings. The maximum atomic E-state index is 13.3. The normalized spacial score (nSPS) is 12.5. The summed E-state index contributed by atoms with van der Waals surface area (Å²) in [6.45, 7) is 5.22. The number of unbranched alkanes of at least 4 members (excludes halogenated alkanes) is 1. The van der Waals surface area contributed by atoms with E-state index in [1.807, 2.05) is 36.4 Å². The number of para-hydroxylation sites is 2. The first kappa shape index (κ1) is 20.5. The SMILES string of the molecule is CCCCC(CC)CNCP(=O)(Oc1ccccc1)Oc1ccccc1. The lowest BCUT2D eigenvalue weighted by molar-refractivity contribution is 0.372. The van der Waals surface area contributed by atoms with Crippen LogP contribution in [0.1, 0.15) is 39.5 Å². The average Bonchev–Trinajstić information content (AvgIpc) is 2.66. The number of benzene rings is 2. The summed E-state index contributed by atoms with van der Waals surface area (Å²) in [7, 11) is -3.37. The first-order valence-electron chi connectivity index (χ1n) is 9.44. The summed E-state index contributed by atoms with van der Waals surface area (Å²) in [6.07, 6.45) is 4.89. The van der Waals surface area contributed by atoms with Crippen molar-refractivity contribution in [2.24, 2.45) is 5.92 Å². The van der Waals surface area contributed by atoms with Crippen LogP contribution < -0.4 is 14.4 Å². The van der Waals surface area contributed by atoms with Crippen molar-refractivity contribution in [3.63, 3.8) is 0 Å². The standard InChI is InChI=1S/C21H30NO3P/c1-3-5-12-19(4-2)17-22-18-26(23,24-20-13-8-6-9-14-20)25-21-15-10-7-11-16-21/h6-11,13-16,19,22H,3-5,12,17-18H2,1-2H3. The van der Waals surface area contributed by atoms with Crippen molar-refractivity contribution in [1.29, 1.82) is 0 Å². The monoisotopic (exact) mass is 375 g/mol. The van der Waals surface area contributed by atoms with E-state index in [4.69, 9.17) is 9.05 Å². The molecule has 0 aromatic heterocycles. The second kappa shape index (κ2) is 11.1. The van der Waals surface area contributed by atoms with Crippen LogP contribution in [0.15, 0.2) is 60.7 Å². The molecule has 142 valence electrons. The molecule has 2 aromatic carbocycles. The lowest BCUT2D eigenvalue weighted by Crippen LogP contribution is -2.26. The molecule has 4 nitrogen and oxygen atoms in total. The van der Waals surface area contributed by atoms with Crippen LogP contribution in [0.25, 0.3) is 0 Å². The van der Waals surface area contributed by atoms with Gasteiger partial charge in [0.2, 0.25) is 0 Å². The van der Waals surface area contributed by atoms with E-state index in [0.29, 0.717) is 17.4 Å².